The van der Waals surface area contributed by atoms with Gasteiger partial charge in [-0.15, -0.1) is 0 Å². The third-order valence-corrected chi connectivity index (χ3v) is 2.41. The summed E-state index contributed by atoms with van der Waals surface area (Å²) in [7, 11) is 1.03. The van der Waals surface area contributed by atoms with Gasteiger partial charge in [-0.3, -0.25) is 4.79 Å². The molecule has 0 saturated heterocycles. The smallest absolute Gasteiger partial charge is 0.433 e. The first-order chi connectivity index (χ1) is 8.66. The molecule has 19 heavy (non-hydrogen) atoms. The second kappa shape index (κ2) is 5.68. The Balaban J connectivity index is 3.35. The molecular formula is C10H7ClF5NO2. The Labute approximate surface area is 109 Å². The van der Waals surface area contributed by atoms with Gasteiger partial charge in [-0.1, -0.05) is 11.6 Å². The molecule has 0 aromatic carbocycles. The molecule has 1 rings (SSSR count). The van der Waals surface area contributed by atoms with Crippen molar-refractivity contribution in [3.05, 3.63) is 28.0 Å². The van der Waals surface area contributed by atoms with E-state index in [4.69, 9.17) is 11.6 Å². The molecule has 0 spiro atoms. The number of esters is 1. The molecule has 0 unspecified atom stereocenters. The van der Waals surface area contributed by atoms with Crippen LogP contribution in [0.4, 0.5) is 22.0 Å². The topological polar surface area (TPSA) is 39.2 Å². The van der Waals surface area contributed by atoms with E-state index in [9.17, 15) is 26.7 Å². The zero-order valence-corrected chi connectivity index (χ0v) is 10.1. The number of hydrogen-bond donors (Lipinski definition) is 0. The van der Waals surface area contributed by atoms with Crippen LogP contribution in [-0.2, 0) is 22.1 Å². The first-order valence-electron chi connectivity index (χ1n) is 4.78. The molecule has 0 atom stereocenters. The van der Waals surface area contributed by atoms with Gasteiger partial charge in [-0.25, -0.2) is 13.8 Å². The fourth-order valence-corrected chi connectivity index (χ4v) is 1.61. The third-order valence-electron chi connectivity index (χ3n) is 2.10. The van der Waals surface area contributed by atoms with E-state index in [1.807, 2.05) is 0 Å². The Morgan fingerprint density at radius 2 is 2.05 bits per heavy atom. The number of pyridine rings is 1. The van der Waals surface area contributed by atoms with Crippen LogP contribution in [0.15, 0.2) is 6.07 Å². The van der Waals surface area contributed by atoms with Crippen LogP contribution in [0.3, 0.4) is 0 Å². The fourth-order valence-electron chi connectivity index (χ4n) is 1.31. The minimum Gasteiger partial charge on any atom is -0.469 e. The van der Waals surface area contributed by atoms with Gasteiger partial charge in [0.15, 0.2) is 5.69 Å². The number of ether oxygens (including phenoxy) is 1. The monoisotopic (exact) mass is 303 g/mol. The number of methoxy groups -OCH3 is 1. The molecule has 3 nitrogen and oxygen atoms in total. The highest BCUT2D eigenvalue weighted by atomic mass is 35.5. The van der Waals surface area contributed by atoms with Gasteiger partial charge in [0, 0.05) is 0 Å². The average molecular weight is 304 g/mol. The molecule has 0 fully saturated rings. The van der Waals surface area contributed by atoms with E-state index in [0.717, 1.165) is 13.2 Å². The summed E-state index contributed by atoms with van der Waals surface area (Å²) >= 11 is 5.39. The van der Waals surface area contributed by atoms with Gasteiger partial charge in [0.2, 0.25) is 0 Å². The van der Waals surface area contributed by atoms with E-state index in [0.29, 0.717) is 0 Å². The second-order valence-corrected chi connectivity index (χ2v) is 3.82. The lowest BCUT2D eigenvalue weighted by molar-refractivity contribution is -0.144. The summed E-state index contributed by atoms with van der Waals surface area (Å²) in [6.07, 6.45) is -9.12. The zero-order chi connectivity index (χ0) is 14.8. The highest BCUT2D eigenvalue weighted by Gasteiger charge is 2.39. The molecule has 0 aliphatic carbocycles. The van der Waals surface area contributed by atoms with Gasteiger partial charge >= 0.3 is 12.1 Å². The third kappa shape index (κ3) is 3.76. The van der Waals surface area contributed by atoms with Crippen LogP contribution in [0.2, 0.25) is 5.02 Å². The lowest BCUT2D eigenvalue weighted by Crippen LogP contribution is -2.16. The number of hydrogen-bond acceptors (Lipinski definition) is 3. The van der Waals surface area contributed by atoms with Crippen molar-refractivity contribution in [2.24, 2.45) is 0 Å². The molecule has 1 aromatic rings. The number of alkyl halides is 5. The Morgan fingerprint density at radius 3 is 2.47 bits per heavy atom. The largest absolute Gasteiger partial charge is 0.469 e. The first kappa shape index (κ1) is 15.6. The lowest BCUT2D eigenvalue weighted by atomic mass is 10.1. The van der Waals surface area contributed by atoms with E-state index in [2.05, 4.69) is 9.72 Å². The molecule has 0 bridgehead atoms. The van der Waals surface area contributed by atoms with Gasteiger partial charge in [0.05, 0.1) is 29.8 Å². The SMILES string of the molecule is COC(=O)Cc1cc(Cl)c(C(F)F)c(C(F)(F)F)n1. The maximum Gasteiger partial charge on any atom is 0.433 e. The van der Waals surface area contributed by atoms with Crippen molar-refractivity contribution >= 4 is 17.6 Å². The van der Waals surface area contributed by atoms with Crippen LogP contribution < -0.4 is 0 Å². The van der Waals surface area contributed by atoms with Crippen LogP contribution in [0, 0.1) is 0 Å². The van der Waals surface area contributed by atoms with E-state index >= 15 is 0 Å². The van der Waals surface area contributed by atoms with Crippen molar-refractivity contribution in [3.63, 3.8) is 0 Å². The number of carbonyl (C=O) groups excluding carboxylic acids is 1. The molecule has 1 aromatic heterocycles. The highest BCUT2D eigenvalue weighted by Crippen LogP contribution is 2.39. The number of nitrogens with zero attached hydrogens (tertiary/aromatic N) is 1. The van der Waals surface area contributed by atoms with E-state index in [1.165, 1.54) is 0 Å². The van der Waals surface area contributed by atoms with Gasteiger partial charge in [-0.2, -0.15) is 13.2 Å². The van der Waals surface area contributed by atoms with Gasteiger partial charge < -0.3 is 4.74 Å². The van der Waals surface area contributed by atoms with Crippen molar-refractivity contribution < 1.29 is 31.5 Å². The van der Waals surface area contributed by atoms with Crippen molar-refractivity contribution in [3.8, 4) is 0 Å². The Morgan fingerprint density at radius 1 is 1.47 bits per heavy atom. The van der Waals surface area contributed by atoms with E-state index < -0.39 is 47.0 Å². The fraction of sp³-hybridized carbons (Fsp3) is 0.400. The predicted molar refractivity (Wildman–Crippen MR) is 54.9 cm³/mol. The highest BCUT2D eigenvalue weighted by molar-refractivity contribution is 6.31. The Bertz CT molecular complexity index is 490. The summed E-state index contributed by atoms with van der Waals surface area (Å²) in [6, 6.07) is 0.787. The van der Waals surface area contributed by atoms with Crippen LogP contribution in [0.1, 0.15) is 23.4 Å². The standard InChI is InChI=1S/C10H7ClF5NO2/c1-19-6(18)3-4-2-5(11)7(9(12)13)8(17-4)10(14,15)16/h2,9H,3H2,1H3. The van der Waals surface area contributed by atoms with E-state index in [-0.39, 0.29) is 0 Å². The molecule has 0 amide bonds. The van der Waals surface area contributed by atoms with Crippen molar-refractivity contribution in [2.45, 2.75) is 19.0 Å². The second-order valence-electron chi connectivity index (χ2n) is 3.41. The van der Waals surface area contributed by atoms with Crippen molar-refractivity contribution in [1.29, 1.82) is 0 Å². The number of carbonyl (C=O) groups is 1. The summed E-state index contributed by atoms with van der Waals surface area (Å²) in [5.41, 5.74) is -3.59. The van der Waals surface area contributed by atoms with E-state index in [1.54, 1.807) is 0 Å². The lowest BCUT2D eigenvalue weighted by Gasteiger charge is -2.14. The molecule has 106 valence electrons. The summed E-state index contributed by atoms with van der Waals surface area (Å²) in [5.74, 6) is -0.860. The summed E-state index contributed by atoms with van der Waals surface area (Å²) in [5, 5.41) is -0.795. The van der Waals surface area contributed by atoms with Gasteiger partial charge in [0.25, 0.3) is 6.43 Å². The average Bonchev–Trinajstić information content (AvgIpc) is 2.26. The molecule has 1 heterocycles. The van der Waals surface area contributed by atoms with Gasteiger partial charge in [-0.05, 0) is 6.07 Å². The van der Waals surface area contributed by atoms with Crippen LogP contribution in [0.5, 0.6) is 0 Å². The normalized spacial score (nSPS) is 11.8. The molecule has 0 aliphatic rings. The molecule has 0 N–H and O–H groups in total. The number of rotatable bonds is 3. The maximum absolute atomic E-state index is 12.6. The molecule has 0 radical (unpaired) electrons. The number of aromatic nitrogens is 1. The molecule has 0 saturated carbocycles. The van der Waals surface area contributed by atoms with Crippen LogP contribution >= 0.6 is 11.6 Å². The summed E-state index contributed by atoms with van der Waals surface area (Å²) < 4.78 is 67.2. The quantitative estimate of drug-likeness (QED) is 0.634. The minimum absolute atomic E-state index is 0.395. The minimum atomic E-state index is -5.10. The van der Waals surface area contributed by atoms with Crippen LogP contribution in [-0.4, -0.2) is 18.1 Å². The Hall–Kier alpha value is -1.44. The van der Waals surface area contributed by atoms with Crippen molar-refractivity contribution in [2.75, 3.05) is 7.11 Å². The first-order valence-corrected chi connectivity index (χ1v) is 5.16. The summed E-state index contributed by atoms with van der Waals surface area (Å²) in [6.45, 7) is 0. The summed E-state index contributed by atoms with van der Waals surface area (Å²) in [4.78, 5) is 14.0. The zero-order valence-electron chi connectivity index (χ0n) is 9.39. The van der Waals surface area contributed by atoms with Gasteiger partial charge in [0.1, 0.15) is 0 Å². The molecule has 0 aliphatic heterocycles. The maximum atomic E-state index is 12.6. The number of halogens is 6. The van der Waals surface area contributed by atoms with Crippen LogP contribution in [0.25, 0.3) is 0 Å². The molecular weight excluding hydrogens is 297 g/mol. The van der Waals surface area contributed by atoms with Crippen molar-refractivity contribution in [1.82, 2.24) is 4.98 Å². The predicted octanol–water partition coefficient (Wildman–Crippen LogP) is 3.41. The Kier molecular flexibility index (Phi) is 4.67. The molecule has 9 heteroatoms.